The molecule has 0 saturated carbocycles. The molecule has 0 radical (unpaired) electrons. The minimum Gasteiger partial charge on any atom is -0.507 e. The van der Waals surface area contributed by atoms with E-state index >= 15 is 0 Å². The Morgan fingerprint density at radius 1 is 0.939 bits per heavy atom. The number of hydrogen-bond acceptors (Lipinski definition) is 4. The van der Waals surface area contributed by atoms with Crippen LogP contribution in [-0.2, 0) is 9.59 Å². The third-order valence-corrected chi connectivity index (χ3v) is 5.68. The summed E-state index contributed by atoms with van der Waals surface area (Å²) in [5.41, 5.74) is 3.80. The number of Topliss-reactive ketones (excluding diaryl/α,β-unsaturated/α-hetero) is 1. The molecule has 0 spiro atoms. The Balaban J connectivity index is 1.89. The van der Waals surface area contributed by atoms with Gasteiger partial charge in [-0.1, -0.05) is 48.0 Å². The van der Waals surface area contributed by atoms with Gasteiger partial charge >= 0.3 is 0 Å². The lowest BCUT2D eigenvalue weighted by Crippen LogP contribution is -2.30. The molecule has 3 aromatic carbocycles. The third-order valence-electron chi connectivity index (χ3n) is 5.68. The normalized spacial score (nSPS) is 17.6. The SMILES string of the molecule is Cc1cccc(C2/C(=C(/O)c3ccc(OC(C)C)cc3)C(=O)C(=O)N2c2ccccc2C)c1. The number of carbonyl (C=O) groups excluding carboxylic acids is 2. The summed E-state index contributed by atoms with van der Waals surface area (Å²) in [6, 6.07) is 21.2. The second-order valence-corrected chi connectivity index (χ2v) is 8.56. The summed E-state index contributed by atoms with van der Waals surface area (Å²) >= 11 is 0. The van der Waals surface area contributed by atoms with Crippen molar-refractivity contribution in [3.63, 3.8) is 0 Å². The number of benzene rings is 3. The van der Waals surface area contributed by atoms with Crippen LogP contribution in [0.5, 0.6) is 5.75 Å². The zero-order valence-electron chi connectivity index (χ0n) is 19.2. The van der Waals surface area contributed by atoms with E-state index in [-0.39, 0.29) is 17.4 Å². The van der Waals surface area contributed by atoms with Crippen molar-refractivity contribution in [1.29, 1.82) is 0 Å². The summed E-state index contributed by atoms with van der Waals surface area (Å²) in [6.07, 6.45) is 0.0187. The average Bonchev–Trinajstić information content (AvgIpc) is 3.04. The quantitative estimate of drug-likeness (QED) is 0.313. The highest BCUT2D eigenvalue weighted by molar-refractivity contribution is 6.51. The molecule has 0 aliphatic carbocycles. The molecule has 33 heavy (non-hydrogen) atoms. The van der Waals surface area contributed by atoms with Crippen LogP contribution in [-0.4, -0.2) is 22.9 Å². The van der Waals surface area contributed by atoms with Gasteiger partial charge in [0.1, 0.15) is 11.5 Å². The molecule has 1 aliphatic rings. The highest BCUT2D eigenvalue weighted by Gasteiger charge is 2.47. The molecule has 1 saturated heterocycles. The molecule has 1 unspecified atom stereocenters. The van der Waals surface area contributed by atoms with E-state index in [0.717, 1.165) is 16.7 Å². The van der Waals surface area contributed by atoms with Gasteiger partial charge in [-0.05, 0) is 69.2 Å². The lowest BCUT2D eigenvalue weighted by molar-refractivity contribution is -0.132. The summed E-state index contributed by atoms with van der Waals surface area (Å²) in [5, 5.41) is 11.3. The molecule has 1 atom stereocenters. The van der Waals surface area contributed by atoms with Crippen LogP contribution < -0.4 is 9.64 Å². The van der Waals surface area contributed by atoms with Crippen molar-refractivity contribution < 1.29 is 19.4 Å². The van der Waals surface area contributed by atoms with Gasteiger partial charge in [-0.2, -0.15) is 0 Å². The van der Waals surface area contributed by atoms with Crippen molar-refractivity contribution in [1.82, 2.24) is 0 Å². The Labute approximate surface area is 193 Å². The number of hydrogen-bond donors (Lipinski definition) is 1. The molecule has 1 amide bonds. The van der Waals surface area contributed by atoms with E-state index < -0.39 is 17.7 Å². The van der Waals surface area contributed by atoms with E-state index in [0.29, 0.717) is 17.0 Å². The van der Waals surface area contributed by atoms with Crippen molar-refractivity contribution >= 4 is 23.1 Å². The fraction of sp³-hybridized carbons (Fsp3) is 0.214. The maximum absolute atomic E-state index is 13.3. The van der Waals surface area contributed by atoms with E-state index in [1.165, 1.54) is 4.90 Å². The average molecular weight is 442 g/mol. The molecule has 1 fully saturated rings. The summed E-state index contributed by atoms with van der Waals surface area (Å²) < 4.78 is 5.68. The van der Waals surface area contributed by atoms with Crippen LogP contribution in [0.15, 0.2) is 78.4 Å². The number of aliphatic hydroxyl groups excluding tert-OH is 1. The fourth-order valence-corrected chi connectivity index (χ4v) is 4.19. The van der Waals surface area contributed by atoms with Crippen LogP contribution in [0.4, 0.5) is 5.69 Å². The number of rotatable bonds is 5. The molecule has 1 N–H and O–H groups in total. The Bertz CT molecular complexity index is 1240. The number of amides is 1. The molecular formula is C28H27NO4. The van der Waals surface area contributed by atoms with Gasteiger partial charge in [-0.25, -0.2) is 0 Å². The van der Waals surface area contributed by atoms with Gasteiger partial charge in [-0.15, -0.1) is 0 Å². The lowest BCUT2D eigenvalue weighted by atomic mass is 9.94. The molecule has 1 aliphatic heterocycles. The molecular weight excluding hydrogens is 414 g/mol. The van der Waals surface area contributed by atoms with Crippen molar-refractivity contribution in [2.75, 3.05) is 4.90 Å². The Hall–Kier alpha value is -3.86. The first-order valence-corrected chi connectivity index (χ1v) is 11.0. The highest BCUT2D eigenvalue weighted by atomic mass is 16.5. The first-order valence-electron chi connectivity index (χ1n) is 11.0. The maximum atomic E-state index is 13.3. The van der Waals surface area contributed by atoms with E-state index in [2.05, 4.69) is 0 Å². The first-order chi connectivity index (χ1) is 15.8. The van der Waals surface area contributed by atoms with Crippen LogP contribution in [0.25, 0.3) is 5.76 Å². The van der Waals surface area contributed by atoms with Gasteiger partial charge in [0.05, 0.1) is 17.7 Å². The smallest absolute Gasteiger partial charge is 0.300 e. The Kier molecular flexibility index (Phi) is 6.05. The van der Waals surface area contributed by atoms with Crippen molar-refractivity contribution in [2.45, 2.75) is 39.8 Å². The minimum atomic E-state index is -0.738. The second kappa shape index (κ2) is 8.94. The van der Waals surface area contributed by atoms with Gasteiger partial charge in [0.25, 0.3) is 11.7 Å². The maximum Gasteiger partial charge on any atom is 0.300 e. The predicted octanol–water partition coefficient (Wildman–Crippen LogP) is 5.72. The molecule has 5 nitrogen and oxygen atoms in total. The van der Waals surface area contributed by atoms with E-state index in [1.54, 1.807) is 24.3 Å². The standard InChI is InChI=1S/C28H27NO4/c1-17(2)33-22-14-12-20(13-15-22)26(30)24-25(21-10-7-8-18(3)16-21)29(28(32)27(24)31)23-11-6-5-9-19(23)4/h5-17,25,30H,1-4H3/b26-24-. The highest BCUT2D eigenvalue weighted by Crippen LogP contribution is 2.43. The van der Waals surface area contributed by atoms with Crippen LogP contribution in [0.1, 0.15) is 42.1 Å². The molecule has 3 aromatic rings. The Morgan fingerprint density at radius 3 is 2.27 bits per heavy atom. The number of aryl methyl sites for hydroxylation is 2. The molecule has 168 valence electrons. The van der Waals surface area contributed by atoms with Crippen LogP contribution in [0.2, 0.25) is 0 Å². The molecule has 4 rings (SSSR count). The van der Waals surface area contributed by atoms with Crippen LogP contribution in [0.3, 0.4) is 0 Å². The monoisotopic (exact) mass is 441 g/mol. The van der Waals surface area contributed by atoms with Crippen LogP contribution in [0, 0.1) is 13.8 Å². The van der Waals surface area contributed by atoms with Crippen molar-refractivity contribution in [3.05, 3.63) is 101 Å². The summed E-state index contributed by atoms with van der Waals surface area (Å²) in [6.45, 7) is 7.72. The van der Waals surface area contributed by atoms with Gasteiger partial charge in [0, 0.05) is 11.3 Å². The zero-order chi connectivity index (χ0) is 23.7. The topological polar surface area (TPSA) is 66.8 Å². The van der Waals surface area contributed by atoms with E-state index in [1.807, 2.05) is 76.2 Å². The number of anilines is 1. The minimum absolute atomic E-state index is 0.0187. The number of ether oxygens (including phenoxy) is 1. The van der Waals surface area contributed by atoms with Gasteiger partial charge in [-0.3, -0.25) is 14.5 Å². The Morgan fingerprint density at radius 2 is 1.64 bits per heavy atom. The molecule has 5 heteroatoms. The van der Waals surface area contributed by atoms with Crippen LogP contribution >= 0.6 is 0 Å². The number of ketones is 1. The van der Waals surface area contributed by atoms with Gasteiger partial charge in [0.15, 0.2) is 0 Å². The predicted molar refractivity (Wildman–Crippen MR) is 129 cm³/mol. The number of aliphatic hydroxyl groups is 1. The van der Waals surface area contributed by atoms with E-state index in [4.69, 9.17) is 4.74 Å². The van der Waals surface area contributed by atoms with Crippen molar-refractivity contribution in [3.8, 4) is 5.75 Å². The first kappa shape index (κ1) is 22.3. The number of carbonyl (C=O) groups is 2. The van der Waals surface area contributed by atoms with Crippen molar-refractivity contribution in [2.24, 2.45) is 0 Å². The molecule has 0 bridgehead atoms. The van der Waals surface area contributed by atoms with Gasteiger partial charge in [0.2, 0.25) is 0 Å². The summed E-state index contributed by atoms with van der Waals surface area (Å²) in [5.74, 6) is -0.897. The molecule has 1 heterocycles. The fourth-order valence-electron chi connectivity index (χ4n) is 4.19. The number of nitrogens with zero attached hydrogens (tertiary/aromatic N) is 1. The largest absolute Gasteiger partial charge is 0.507 e. The lowest BCUT2D eigenvalue weighted by Gasteiger charge is -2.27. The number of para-hydroxylation sites is 1. The van der Waals surface area contributed by atoms with Gasteiger partial charge < -0.3 is 9.84 Å². The molecule has 0 aromatic heterocycles. The summed E-state index contributed by atoms with van der Waals surface area (Å²) in [4.78, 5) is 28.0. The summed E-state index contributed by atoms with van der Waals surface area (Å²) in [7, 11) is 0. The zero-order valence-corrected chi connectivity index (χ0v) is 19.2. The second-order valence-electron chi connectivity index (χ2n) is 8.56. The third kappa shape index (κ3) is 4.27. The van der Waals surface area contributed by atoms with E-state index in [9.17, 15) is 14.7 Å².